The second kappa shape index (κ2) is 8.45. The van der Waals surface area contributed by atoms with Crippen molar-refractivity contribution in [3.63, 3.8) is 0 Å². The van der Waals surface area contributed by atoms with E-state index in [0.29, 0.717) is 17.1 Å². The minimum Gasteiger partial charge on any atom is -0.381 e. The summed E-state index contributed by atoms with van der Waals surface area (Å²) >= 11 is 6.09. The van der Waals surface area contributed by atoms with Gasteiger partial charge in [-0.25, -0.2) is 9.37 Å². The molecular formula is C23H20ClFN4. The maximum atomic E-state index is 13.9. The molecule has 0 saturated heterocycles. The van der Waals surface area contributed by atoms with Crippen molar-refractivity contribution in [3.05, 3.63) is 95.4 Å². The highest BCUT2D eigenvalue weighted by Gasteiger charge is 2.11. The summed E-state index contributed by atoms with van der Waals surface area (Å²) < 4.78 is 16.0. The minimum absolute atomic E-state index is 0.310. The molecule has 2 aromatic heterocycles. The monoisotopic (exact) mass is 406 g/mol. The smallest absolute Gasteiger partial charge is 0.129 e. The van der Waals surface area contributed by atoms with Crippen molar-refractivity contribution in [2.24, 2.45) is 0 Å². The molecule has 0 bridgehead atoms. The number of nitrogens with zero attached hydrogens (tertiary/aromatic N) is 3. The first-order chi connectivity index (χ1) is 14.2. The number of halogens is 2. The number of nitrogens with one attached hydrogen (secondary N) is 1. The lowest BCUT2D eigenvalue weighted by atomic mass is 10.2. The molecule has 0 aliphatic rings. The third kappa shape index (κ3) is 4.15. The number of pyridine rings is 1. The van der Waals surface area contributed by atoms with E-state index in [9.17, 15) is 4.39 Å². The Morgan fingerprint density at radius 1 is 1.07 bits per heavy atom. The Kier molecular flexibility index (Phi) is 5.58. The van der Waals surface area contributed by atoms with Crippen LogP contribution in [0, 0.1) is 5.82 Å². The van der Waals surface area contributed by atoms with E-state index in [2.05, 4.69) is 21.8 Å². The van der Waals surface area contributed by atoms with Gasteiger partial charge in [0, 0.05) is 59.1 Å². The maximum Gasteiger partial charge on any atom is 0.129 e. The summed E-state index contributed by atoms with van der Waals surface area (Å²) in [6, 6.07) is 16.6. The zero-order chi connectivity index (χ0) is 20.2. The van der Waals surface area contributed by atoms with Crippen LogP contribution in [0.5, 0.6) is 0 Å². The van der Waals surface area contributed by atoms with E-state index in [1.54, 1.807) is 18.3 Å². The fraction of sp³-hybridized carbons (Fsp3) is 0.130. The maximum absolute atomic E-state index is 13.9. The normalized spacial score (nSPS) is 10.9. The highest BCUT2D eigenvalue weighted by atomic mass is 35.5. The summed E-state index contributed by atoms with van der Waals surface area (Å²) in [5.74, 6) is 0.665. The minimum atomic E-state index is -0.310. The predicted molar refractivity (Wildman–Crippen MR) is 115 cm³/mol. The first-order valence-corrected chi connectivity index (χ1v) is 9.79. The largest absolute Gasteiger partial charge is 0.381 e. The molecule has 29 heavy (non-hydrogen) atoms. The van der Waals surface area contributed by atoms with E-state index in [4.69, 9.17) is 16.6 Å². The van der Waals surface area contributed by atoms with Crippen molar-refractivity contribution < 1.29 is 4.39 Å². The van der Waals surface area contributed by atoms with Gasteiger partial charge in [-0.3, -0.25) is 4.98 Å². The SMILES string of the molecule is CCc1nc(-c2cccnc2)cn1-c1ccc(NCc2c(F)cccc2Cl)cc1. The molecule has 146 valence electrons. The topological polar surface area (TPSA) is 42.7 Å². The zero-order valence-corrected chi connectivity index (χ0v) is 16.7. The lowest BCUT2D eigenvalue weighted by Gasteiger charge is -2.11. The first-order valence-electron chi connectivity index (χ1n) is 9.41. The van der Waals surface area contributed by atoms with Crippen LogP contribution in [0.4, 0.5) is 10.1 Å². The molecule has 4 aromatic rings. The first kappa shape index (κ1) is 19.2. The van der Waals surface area contributed by atoms with Crippen molar-refractivity contribution in [1.29, 1.82) is 0 Å². The van der Waals surface area contributed by atoms with Crippen LogP contribution < -0.4 is 5.32 Å². The fourth-order valence-electron chi connectivity index (χ4n) is 3.18. The van der Waals surface area contributed by atoms with Gasteiger partial charge in [-0.15, -0.1) is 0 Å². The van der Waals surface area contributed by atoms with E-state index in [1.807, 2.05) is 48.8 Å². The number of hydrogen-bond donors (Lipinski definition) is 1. The number of imidazole rings is 1. The molecule has 0 unspecified atom stereocenters. The van der Waals surface area contributed by atoms with E-state index in [0.717, 1.165) is 34.9 Å². The van der Waals surface area contributed by atoms with Crippen molar-refractivity contribution in [1.82, 2.24) is 14.5 Å². The number of benzene rings is 2. The molecule has 4 nitrogen and oxygen atoms in total. The van der Waals surface area contributed by atoms with Crippen molar-refractivity contribution in [2.45, 2.75) is 19.9 Å². The molecule has 0 radical (unpaired) electrons. The molecule has 0 spiro atoms. The molecule has 0 saturated carbocycles. The summed E-state index contributed by atoms with van der Waals surface area (Å²) in [7, 11) is 0. The Morgan fingerprint density at radius 3 is 2.59 bits per heavy atom. The molecule has 1 N–H and O–H groups in total. The predicted octanol–water partition coefficient (Wildman–Crippen LogP) is 5.90. The molecule has 2 aromatic carbocycles. The van der Waals surface area contributed by atoms with Gasteiger partial charge in [0.15, 0.2) is 0 Å². The van der Waals surface area contributed by atoms with Gasteiger partial charge in [-0.2, -0.15) is 0 Å². The number of rotatable bonds is 6. The van der Waals surface area contributed by atoms with Gasteiger partial charge in [-0.05, 0) is 48.5 Å². The average Bonchev–Trinajstić information content (AvgIpc) is 3.19. The Balaban J connectivity index is 1.54. The zero-order valence-electron chi connectivity index (χ0n) is 15.9. The van der Waals surface area contributed by atoms with Gasteiger partial charge in [0.1, 0.15) is 11.6 Å². The third-order valence-electron chi connectivity index (χ3n) is 4.73. The average molecular weight is 407 g/mol. The van der Waals surface area contributed by atoms with Crippen LogP contribution in [0.3, 0.4) is 0 Å². The van der Waals surface area contributed by atoms with Crippen LogP contribution in [-0.4, -0.2) is 14.5 Å². The molecule has 0 amide bonds. The van der Waals surface area contributed by atoms with Crippen LogP contribution in [0.1, 0.15) is 18.3 Å². The number of aromatic nitrogens is 3. The summed E-state index contributed by atoms with van der Waals surface area (Å²) in [5.41, 5.74) is 4.24. The van der Waals surface area contributed by atoms with Crippen LogP contribution in [0.2, 0.25) is 5.02 Å². The van der Waals surface area contributed by atoms with E-state index in [1.165, 1.54) is 6.07 Å². The Hall–Kier alpha value is -3.18. The van der Waals surface area contributed by atoms with Crippen molar-refractivity contribution in [2.75, 3.05) is 5.32 Å². The lowest BCUT2D eigenvalue weighted by Crippen LogP contribution is -2.03. The van der Waals surface area contributed by atoms with Gasteiger partial charge in [0.25, 0.3) is 0 Å². The molecule has 0 atom stereocenters. The van der Waals surface area contributed by atoms with Gasteiger partial charge >= 0.3 is 0 Å². The number of aryl methyl sites for hydroxylation is 1. The molecule has 0 aliphatic carbocycles. The second-order valence-electron chi connectivity index (χ2n) is 6.61. The third-order valence-corrected chi connectivity index (χ3v) is 5.08. The van der Waals surface area contributed by atoms with E-state index < -0.39 is 0 Å². The standard InChI is InChI=1S/C23H20ClFN4/c1-2-23-28-22(16-5-4-12-26-13-16)15-29(23)18-10-8-17(9-11-18)27-14-19-20(24)6-3-7-21(19)25/h3-13,15,27H,2,14H2,1H3. The van der Waals surface area contributed by atoms with Crippen LogP contribution in [0.15, 0.2) is 73.2 Å². The van der Waals surface area contributed by atoms with Crippen molar-refractivity contribution >= 4 is 17.3 Å². The number of anilines is 1. The molecule has 4 rings (SSSR count). The summed E-state index contributed by atoms with van der Waals surface area (Å²) in [5, 5.41) is 3.64. The van der Waals surface area contributed by atoms with Crippen LogP contribution in [0.25, 0.3) is 16.9 Å². The molecule has 0 aliphatic heterocycles. The van der Waals surface area contributed by atoms with Crippen molar-refractivity contribution in [3.8, 4) is 16.9 Å². The fourth-order valence-corrected chi connectivity index (χ4v) is 3.41. The highest BCUT2D eigenvalue weighted by molar-refractivity contribution is 6.31. The highest BCUT2D eigenvalue weighted by Crippen LogP contribution is 2.24. The van der Waals surface area contributed by atoms with Gasteiger partial charge in [-0.1, -0.05) is 24.6 Å². The Labute approximate surface area is 174 Å². The molecule has 6 heteroatoms. The summed E-state index contributed by atoms with van der Waals surface area (Å²) in [6.45, 7) is 2.40. The quantitative estimate of drug-likeness (QED) is 0.433. The Bertz CT molecular complexity index is 1090. The van der Waals surface area contributed by atoms with Gasteiger partial charge in [0.2, 0.25) is 0 Å². The van der Waals surface area contributed by atoms with Crippen LogP contribution in [-0.2, 0) is 13.0 Å². The lowest BCUT2D eigenvalue weighted by molar-refractivity contribution is 0.613. The summed E-state index contributed by atoms with van der Waals surface area (Å²) in [4.78, 5) is 8.92. The molecule has 2 heterocycles. The molecular weight excluding hydrogens is 387 g/mol. The number of hydrogen-bond acceptors (Lipinski definition) is 3. The van der Waals surface area contributed by atoms with Crippen LogP contribution >= 0.6 is 11.6 Å². The second-order valence-corrected chi connectivity index (χ2v) is 7.02. The summed E-state index contributed by atoms with van der Waals surface area (Å²) in [6.07, 6.45) is 6.40. The van der Waals surface area contributed by atoms with Gasteiger partial charge in [0.05, 0.1) is 5.69 Å². The Morgan fingerprint density at radius 2 is 1.90 bits per heavy atom. The van der Waals surface area contributed by atoms with E-state index >= 15 is 0 Å². The molecule has 0 fully saturated rings. The van der Waals surface area contributed by atoms with E-state index in [-0.39, 0.29) is 5.82 Å². The van der Waals surface area contributed by atoms with Gasteiger partial charge < -0.3 is 9.88 Å².